The number of hydrogen-bond donors (Lipinski definition) is 2. The van der Waals surface area contributed by atoms with Crippen LogP contribution in [0.15, 0.2) is 24.3 Å². The lowest BCUT2D eigenvalue weighted by atomic mass is 10.1. The molecular formula is C15H24N2O2S. The number of benzene rings is 1. The van der Waals surface area contributed by atoms with Crippen LogP contribution in [0.2, 0.25) is 0 Å². The van der Waals surface area contributed by atoms with Crippen molar-refractivity contribution in [2.24, 2.45) is 0 Å². The monoisotopic (exact) mass is 296 g/mol. The molecule has 0 bridgehead atoms. The Balaban J connectivity index is 2.48. The molecule has 0 aromatic heterocycles. The first-order valence-electron chi connectivity index (χ1n) is 6.97. The van der Waals surface area contributed by atoms with Crippen molar-refractivity contribution in [3.63, 3.8) is 0 Å². The average Bonchev–Trinajstić information content (AvgIpc) is 2.43. The lowest BCUT2D eigenvalue weighted by Crippen LogP contribution is -2.33. The summed E-state index contributed by atoms with van der Waals surface area (Å²) in [7, 11) is -0.812. The zero-order valence-corrected chi connectivity index (χ0v) is 13.3. The molecule has 0 aliphatic rings. The SMILES string of the molecule is CCCNc1ccc(C(=O)NC(C)CCS(C)=O)cc1. The minimum absolute atomic E-state index is 0.0318. The van der Waals surface area contributed by atoms with E-state index in [0.29, 0.717) is 11.3 Å². The minimum Gasteiger partial charge on any atom is -0.385 e. The summed E-state index contributed by atoms with van der Waals surface area (Å²) >= 11 is 0. The van der Waals surface area contributed by atoms with Crippen LogP contribution in [0.1, 0.15) is 37.0 Å². The normalized spacial score (nSPS) is 13.6. The molecule has 20 heavy (non-hydrogen) atoms. The van der Waals surface area contributed by atoms with Crippen LogP contribution in [0.25, 0.3) is 0 Å². The largest absolute Gasteiger partial charge is 0.385 e. The van der Waals surface area contributed by atoms with Gasteiger partial charge in [-0.25, -0.2) is 0 Å². The standard InChI is InChI=1S/C15H24N2O2S/c1-4-10-16-14-7-5-13(6-8-14)15(18)17-12(2)9-11-20(3)19/h5-8,12,16H,4,9-11H2,1-3H3,(H,17,18). The summed E-state index contributed by atoms with van der Waals surface area (Å²) < 4.78 is 11.0. The molecule has 2 unspecified atom stereocenters. The summed E-state index contributed by atoms with van der Waals surface area (Å²) in [5.41, 5.74) is 1.68. The van der Waals surface area contributed by atoms with E-state index in [1.54, 1.807) is 6.26 Å². The summed E-state index contributed by atoms with van der Waals surface area (Å²) in [5.74, 6) is 0.530. The van der Waals surface area contributed by atoms with Gasteiger partial charge in [-0.05, 0) is 44.0 Å². The van der Waals surface area contributed by atoms with Gasteiger partial charge in [0.1, 0.15) is 0 Å². The van der Waals surface area contributed by atoms with Crippen LogP contribution < -0.4 is 10.6 Å². The summed E-state index contributed by atoms with van der Waals surface area (Å²) in [6.45, 7) is 4.97. The van der Waals surface area contributed by atoms with Gasteiger partial charge in [-0.3, -0.25) is 9.00 Å². The third kappa shape index (κ3) is 6.19. The molecule has 0 aliphatic carbocycles. The maximum Gasteiger partial charge on any atom is 0.251 e. The van der Waals surface area contributed by atoms with E-state index in [1.165, 1.54) is 0 Å². The van der Waals surface area contributed by atoms with Crippen LogP contribution >= 0.6 is 0 Å². The number of amides is 1. The topological polar surface area (TPSA) is 58.2 Å². The second-order valence-corrected chi connectivity index (χ2v) is 6.50. The number of anilines is 1. The molecule has 0 aliphatic heterocycles. The molecule has 4 nitrogen and oxygen atoms in total. The number of hydrogen-bond acceptors (Lipinski definition) is 3. The molecule has 0 saturated carbocycles. The van der Waals surface area contributed by atoms with E-state index in [4.69, 9.17) is 0 Å². The van der Waals surface area contributed by atoms with Crippen LogP contribution in [0.5, 0.6) is 0 Å². The fourth-order valence-corrected chi connectivity index (χ4v) is 2.42. The van der Waals surface area contributed by atoms with Crippen LogP contribution in [0, 0.1) is 0 Å². The van der Waals surface area contributed by atoms with Crippen molar-refractivity contribution in [3.8, 4) is 0 Å². The van der Waals surface area contributed by atoms with Crippen LogP contribution in [-0.2, 0) is 10.8 Å². The Morgan fingerprint density at radius 1 is 1.30 bits per heavy atom. The van der Waals surface area contributed by atoms with Crippen LogP contribution in [0.3, 0.4) is 0 Å². The average molecular weight is 296 g/mol. The lowest BCUT2D eigenvalue weighted by molar-refractivity contribution is 0.0939. The Hall–Kier alpha value is -1.36. The first kappa shape index (κ1) is 16.7. The van der Waals surface area contributed by atoms with Gasteiger partial charge in [0.15, 0.2) is 0 Å². The fourth-order valence-electron chi connectivity index (χ4n) is 1.73. The van der Waals surface area contributed by atoms with E-state index in [0.717, 1.165) is 25.1 Å². The van der Waals surface area contributed by atoms with Gasteiger partial charge >= 0.3 is 0 Å². The van der Waals surface area contributed by atoms with Gasteiger partial charge in [0, 0.05) is 46.6 Å². The number of carbonyl (C=O) groups is 1. The molecule has 0 fully saturated rings. The molecule has 112 valence electrons. The van der Waals surface area contributed by atoms with E-state index < -0.39 is 10.8 Å². The summed E-state index contributed by atoms with van der Waals surface area (Å²) in [5, 5.41) is 6.19. The molecule has 0 saturated heterocycles. The zero-order valence-electron chi connectivity index (χ0n) is 12.4. The highest BCUT2D eigenvalue weighted by molar-refractivity contribution is 7.84. The highest BCUT2D eigenvalue weighted by atomic mass is 32.2. The Labute approximate surface area is 123 Å². The van der Waals surface area contributed by atoms with E-state index in [2.05, 4.69) is 17.6 Å². The minimum atomic E-state index is -0.812. The zero-order chi connectivity index (χ0) is 15.0. The van der Waals surface area contributed by atoms with Crippen molar-refractivity contribution >= 4 is 22.4 Å². The third-order valence-electron chi connectivity index (χ3n) is 2.94. The van der Waals surface area contributed by atoms with Gasteiger partial charge in [-0.15, -0.1) is 0 Å². The first-order valence-corrected chi connectivity index (χ1v) is 8.70. The lowest BCUT2D eigenvalue weighted by Gasteiger charge is -2.13. The molecule has 1 aromatic rings. The maximum atomic E-state index is 12.0. The van der Waals surface area contributed by atoms with E-state index >= 15 is 0 Å². The van der Waals surface area contributed by atoms with E-state index in [9.17, 15) is 9.00 Å². The molecule has 1 rings (SSSR count). The summed E-state index contributed by atoms with van der Waals surface area (Å²) in [4.78, 5) is 12.0. The number of rotatable bonds is 8. The molecule has 0 radical (unpaired) electrons. The van der Waals surface area contributed by atoms with Crippen LogP contribution in [0.4, 0.5) is 5.69 Å². The van der Waals surface area contributed by atoms with Crippen LogP contribution in [-0.4, -0.2) is 34.7 Å². The van der Waals surface area contributed by atoms with Gasteiger partial charge in [0.25, 0.3) is 5.91 Å². The van der Waals surface area contributed by atoms with Crippen molar-refractivity contribution in [2.75, 3.05) is 23.9 Å². The van der Waals surface area contributed by atoms with Gasteiger partial charge < -0.3 is 10.6 Å². The molecule has 2 atom stereocenters. The predicted molar refractivity (Wildman–Crippen MR) is 85.7 cm³/mol. The predicted octanol–water partition coefficient (Wildman–Crippen LogP) is 2.40. The van der Waals surface area contributed by atoms with E-state index in [1.807, 2.05) is 31.2 Å². The van der Waals surface area contributed by atoms with Crippen molar-refractivity contribution < 1.29 is 9.00 Å². The van der Waals surface area contributed by atoms with Gasteiger partial charge in [0.05, 0.1) is 0 Å². The smallest absolute Gasteiger partial charge is 0.251 e. The number of carbonyl (C=O) groups excluding carboxylic acids is 1. The molecule has 1 aromatic carbocycles. The van der Waals surface area contributed by atoms with Crippen molar-refractivity contribution in [3.05, 3.63) is 29.8 Å². The summed E-state index contributed by atoms with van der Waals surface area (Å²) in [6.07, 6.45) is 3.47. The second-order valence-electron chi connectivity index (χ2n) is 4.94. The van der Waals surface area contributed by atoms with Gasteiger partial charge in [-0.2, -0.15) is 0 Å². The Bertz CT molecular complexity index is 446. The first-order chi connectivity index (χ1) is 9.52. The van der Waals surface area contributed by atoms with Crippen molar-refractivity contribution in [2.45, 2.75) is 32.7 Å². The molecule has 2 N–H and O–H groups in total. The Kier molecular flexibility index (Phi) is 7.30. The molecule has 0 spiro atoms. The molecule has 1 amide bonds. The fraction of sp³-hybridized carbons (Fsp3) is 0.533. The molecular weight excluding hydrogens is 272 g/mol. The number of nitrogens with one attached hydrogen (secondary N) is 2. The van der Waals surface area contributed by atoms with Crippen molar-refractivity contribution in [1.29, 1.82) is 0 Å². The summed E-state index contributed by atoms with van der Waals surface area (Å²) in [6, 6.07) is 7.49. The van der Waals surface area contributed by atoms with Crippen molar-refractivity contribution in [1.82, 2.24) is 5.32 Å². The van der Waals surface area contributed by atoms with Gasteiger partial charge in [0.2, 0.25) is 0 Å². The maximum absolute atomic E-state index is 12.0. The quantitative estimate of drug-likeness (QED) is 0.774. The van der Waals surface area contributed by atoms with E-state index in [-0.39, 0.29) is 11.9 Å². The highest BCUT2D eigenvalue weighted by Crippen LogP contribution is 2.10. The third-order valence-corrected chi connectivity index (χ3v) is 3.75. The molecule has 0 heterocycles. The van der Waals surface area contributed by atoms with Gasteiger partial charge in [-0.1, -0.05) is 6.92 Å². The Morgan fingerprint density at radius 3 is 2.50 bits per heavy atom. The second kappa shape index (κ2) is 8.74. The molecule has 5 heteroatoms. The Morgan fingerprint density at radius 2 is 1.95 bits per heavy atom. The highest BCUT2D eigenvalue weighted by Gasteiger charge is 2.10.